The third-order valence-corrected chi connectivity index (χ3v) is 3.92. The number of rotatable bonds is 0. The molecule has 2 atom stereocenters. The van der Waals surface area contributed by atoms with Gasteiger partial charge in [0, 0.05) is 6.04 Å². The Labute approximate surface area is 75.9 Å². The van der Waals surface area contributed by atoms with Crippen molar-refractivity contribution in [1.82, 2.24) is 5.32 Å². The van der Waals surface area contributed by atoms with Crippen LogP contribution < -0.4 is 5.32 Å². The zero-order valence-corrected chi connectivity index (χ0v) is 8.40. The van der Waals surface area contributed by atoms with Crippen molar-refractivity contribution in [3.63, 3.8) is 0 Å². The van der Waals surface area contributed by atoms with Crippen molar-refractivity contribution in [1.29, 1.82) is 0 Å². The summed E-state index contributed by atoms with van der Waals surface area (Å²) in [5.41, 5.74) is 0.607. The van der Waals surface area contributed by atoms with Crippen molar-refractivity contribution in [3.8, 4) is 0 Å². The number of hydrogen-bond donors (Lipinski definition) is 1. The molecule has 0 aromatic carbocycles. The molecule has 1 saturated heterocycles. The smallest absolute Gasteiger partial charge is 0.0100 e. The van der Waals surface area contributed by atoms with Crippen LogP contribution in [0.2, 0.25) is 0 Å². The quantitative estimate of drug-likeness (QED) is 0.584. The second kappa shape index (κ2) is 3.02. The van der Waals surface area contributed by atoms with Crippen molar-refractivity contribution in [2.45, 2.75) is 52.0 Å². The first-order valence-corrected chi connectivity index (χ1v) is 5.43. The summed E-state index contributed by atoms with van der Waals surface area (Å²) in [5, 5.41) is 3.68. The van der Waals surface area contributed by atoms with Gasteiger partial charge in [-0.05, 0) is 43.6 Å². The fraction of sp³-hybridized carbons (Fsp3) is 1.00. The van der Waals surface area contributed by atoms with E-state index in [2.05, 4.69) is 19.2 Å². The number of nitrogens with one attached hydrogen (secondary N) is 1. The van der Waals surface area contributed by atoms with Gasteiger partial charge >= 0.3 is 0 Å². The van der Waals surface area contributed by atoms with Gasteiger partial charge in [-0.25, -0.2) is 0 Å². The monoisotopic (exact) mass is 167 g/mol. The first-order chi connectivity index (χ1) is 5.70. The molecule has 0 aromatic heterocycles. The van der Waals surface area contributed by atoms with Crippen molar-refractivity contribution in [3.05, 3.63) is 0 Å². The van der Waals surface area contributed by atoms with E-state index in [-0.39, 0.29) is 0 Å². The van der Waals surface area contributed by atoms with Gasteiger partial charge < -0.3 is 5.32 Å². The first kappa shape index (κ1) is 8.55. The topological polar surface area (TPSA) is 12.0 Å². The van der Waals surface area contributed by atoms with E-state index in [0.29, 0.717) is 5.41 Å². The van der Waals surface area contributed by atoms with Gasteiger partial charge in [0.05, 0.1) is 0 Å². The number of piperidine rings is 1. The van der Waals surface area contributed by atoms with Gasteiger partial charge in [-0.2, -0.15) is 0 Å². The molecule has 0 aromatic rings. The highest BCUT2D eigenvalue weighted by Gasteiger charge is 2.39. The molecule has 0 spiro atoms. The van der Waals surface area contributed by atoms with Crippen molar-refractivity contribution < 1.29 is 0 Å². The molecule has 1 heteroatoms. The molecule has 0 radical (unpaired) electrons. The summed E-state index contributed by atoms with van der Waals surface area (Å²) in [6.07, 6.45) is 7.15. The van der Waals surface area contributed by atoms with Crippen LogP contribution >= 0.6 is 0 Å². The van der Waals surface area contributed by atoms with Crippen LogP contribution in [0.5, 0.6) is 0 Å². The van der Waals surface area contributed by atoms with Crippen molar-refractivity contribution >= 4 is 0 Å². The predicted octanol–water partition coefficient (Wildman–Crippen LogP) is 2.56. The Kier molecular flexibility index (Phi) is 2.16. The molecular weight excluding hydrogens is 146 g/mol. The van der Waals surface area contributed by atoms with Crippen molar-refractivity contribution in [2.75, 3.05) is 6.54 Å². The van der Waals surface area contributed by atoms with Crippen LogP contribution in [0.15, 0.2) is 0 Å². The van der Waals surface area contributed by atoms with Gasteiger partial charge in [0.15, 0.2) is 0 Å². The molecule has 1 aliphatic heterocycles. The van der Waals surface area contributed by atoms with E-state index in [1.807, 2.05) is 0 Å². The van der Waals surface area contributed by atoms with Gasteiger partial charge in [-0.3, -0.25) is 0 Å². The summed E-state index contributed by atoms with van der Waals surface area (Å²) in [6.45, 7) is 6.17. The molecule has 0 amide bonds. The van der Waals surface area contributed by atoms with Crippen LogP contribution in [0.4, 0.5) is 0 Å². The van der Waals surface area contributed by atoms with Gasteiger partial charge in [0.2, 0.25) is 0 Å². The average Bonchev–Trinajstić information content (AvgIpc) is 2.04. The Morgan fingerprint density at radius 3 is 2.75 bits per heavy atom. The van der Waals surface area contributed by atoms with Crippen molar-refractivity contribution in [2.24, 2.45) is 11.3 Å². The molecular formula is C11H21N. The van der Waals surface area contributed by atoms with Crippen LogP contribution in [-0.4, -0.2) is 12.6 Å². The molecule has 1 N–H and O–H groups in total. The molecule has 70 valence electrons. The maximum atomic E-state index is 3.68. The SMILES string of the molecule is CC1(C)CCCC2NCCCC21. The standard InChI is InChI=1S/C11H21N/c1-11(2)7-3-6-10-9(11)5-4-8-12-10/h9-10,12H,3-8H2,1-2H3. The number of hydrogen-bond acceptors (Lipinski definition) is 1. The summed E-state index contributed by atoms with van der Waals surface area (Å²) < 4.78 is 0. The third kappa shape index (κ3) is 1.39. The molecule has 12 heavy (non-hydrogen) atoms. The highest BCUT2D eigenvalue weighted by atomic mass is 14.9. The van der Waals surface area contributed by atoms with Crippen LogP contribution in [0.25, 0.3) is 0 Å². The molecule has 1 aliphatic carbocycles. The minimum Gasteiger partial charge on any atom is -0.314 e. The maximum Gasteiger partial charge on any atom is 0.0100 e. The Bertz CT molecular complexity index is 160. The molecule has 2 fully saturated rings. The fourth-order valence-corrected chi connectivity index (χ4v) is 3.15. The Morgan fingerprint density at radius 1 is 1.17 bits per heavy atom. The van der Waals surface area contributed by atoms with Crippen LogP contribution in [-0.2, 0) is 0 Å². The van der Waals surface area contributed by atoms with Crippen LogP contribution in [0, 0.1) is 11.3 Å². The molecule has 1 saturated carbocycles. The molecule has 2 rings (SSSR count). The first-order valence-electron chi connectivity index (χ1n) is 5.43. The molecule has 1 nitrogen and oxygen atoms in total. The lowest BCUT2D eigenvalue weighted by Gasteiger charge is -2.47. The van der Waals surface area contributed by atoms with E-state index in [9.17, 15) is 0 Å². The van der Waals surface area contributed by atoms with E-state index in [1.165, 1.54) is 38.6 Å². The summed E-state index contributed by atoms with van der Waals surface area (Å²) in [7, 11) is 0. The van der Waals surface area contributed by atoms with Gasteiger partial charge in [0.25, 0.3) is 0 Å². The van der Waals surface area contributed by atoms with Gasteiger partial charge in [-0.1, -0.05) is 20.3 Å². The number of fused-ring (bicyclic) bond motifs is 1. The minimum absolute atomic E-state index is 0.607. The second-order valence-corrected chi connectivity index (χ2v) is 5.19. The predicted molar refractivity (Wildman–Crippen MR) is 52.1 cm³/mol. The minimum atomic E-state index is 0.607. The third-order valence-electron chi connectivity index (χ3n) is 3.92. The largest absolute Gasteiger partial charge is 0.314 e. The van der Waals surface area contributed by atoms with Gasteiger partial charge in [-0.15, -0.1) is 0 Å². The summed E-state index contributed by atoms with van der Waals surface area (Å²) >= 11 is 0. The lowest BCUT2D eigenvalue weighted by atomic mass is 9.64. The summed E-state index contributed by atoms with van der Waals surface area (Å²) in [4.78, 5) is 0. The van der Waals surface area contributed by atoms with E-state index in [4.69, 9.17) is 0 Å². The van der Waals surface area contributed by atoms with Gasteiger partial charge in [0.1, 0.15) is 0 Å². The zero-order chi connectivity index (χ0) is 8.60. The normalized spacial score (nSPS) is 40.5. The lowest BCUT2D eigenvalue weighted by Crippen LogP contribution is -2.49. The highest BCUT2D eigenvalue weighted by Crippen LogP contribution is 2.44. The molecule has 0 bridgehead atoms. The van der Waals surface area contributed by atoms with Crippen LogP contribution in [0.3, 0.4) is 0 Å². The van der Waals surface area contributed by atoms with E-state index >= 15 is 0 Å². The maximum absolute atomic E-state index is 3.68. The Balaban J connectivity index is 2.09. The summed E-state index contributed by atoms with van der Waals surface area (Å²) in [6, 6.07) is 0.850. The molecule has 2 aliphatic rings. The highest BCUT2D eigenvalue weighted by molar-refractivity contribution is 4.93. The fourth-order valence-electron chi connectivity index (χ4n) is 3.15. The molecule has 2 unspecified atom stereocenters. The second-order valence-electron chi connectivity index (χ2n) is 5.19. The average molecular weight is 167 g/mol. The Morgan fingerprint density at radius 2 is 2.00 bits per heavy atom. The van der Waals surface area contributed by atoms with E-state index in [0.717, 1.165) is 12.0 Å². The van der Waals surface area contributed by atoms with E-state index < -0.39 is 0 Å². The summed E-state index contributed by atoms with van der Waals surface area (Å²) in [5.74, 6) is 0.958. The zero-order valence-electron chi connectivity index (χ0n) is 8.40. The van der Waals surface area contributed by atoms with E-state index in [1.54, 1.807) is 0 Å². The Hall–Kier alpha value is -0.0400. The lowest BCUT2D eigenvalue weighted by molar-refractivity contribution is 0.0693. The molecule has 1 heterocycles. The van der Waals surface area contributed by atoms with Crippen LogP contribution in [0.1, 0.15) is 46.0 Å².